The highest BCUT2D eigenvalue weighted by Gasteiger charge is 2.16. The molecule has 0 aliphatic heterocycles. The lowest BCUT2D eigenvalue weighted by molar-refractivity contribution is 0.124. The zero-order valence-electron chi connectivity index (χ0n) is 18.3. The van der Waals surface area contributed by atoms with Crippen LogP contribution in [0.2, 0.25) is 0 Å². The minimum Gasteiger partial charge on any atom is -0.439 e. The first-order valence-electron chi connectivity index (χ1n) is 10.7. The van der Waals surface area contributed by atoms with Gasteiger partial charge in [0.25, 0.3) is 5.56 Å². The van der Waals surface area contributed by atoms with Gasteiger partial charge in [0, 0.05) is 24.4 Å². The Morgan fingerprint density at radius 3 is 2.59 bits per heavy atom. The molecule has 170 valence electrons. The predicted molar refractivity (Wildman–Crippen MR) is 127 cm³/mol. The van der Waals surface area contributed by atoms with Crippen LogP contribution in [0.15, 0.2) is 82.9 Å². The number of ether oxygens (including phenoxy) is 1. The van der Waals surface area contributed by atoms with Crippen molar-refractivity contribution < 1.29 is 9.57 Å². The van der Waals surface area contributed by atoms with Crippen LogP contribution in [0.3, 0.4) is 0 Å². The molecule has 10 nitrogen and oxygen atoms in total. The molecule has 0 aliphatic rings. The zero-order chi connectivity index (χ0) is 23.5. The van der Waals surface area contributed by atoms with Crippen molar-refractivity contribution in [3.63, 3.8) is 0 Å². The van der Waals surface area contributed by atoms with E-state index in [0.717, 1.165) is 0 Å². The Morgan fingerprint density at radius 2 is 1.82 bits per heavy atom. The largest absolute Gasteiger partial charge is 0.439 e. The number of benzene rings is 2. The molecule has 0 aliphatic carbocycles. The van der Waals surface area contributed by atoms with E-state index in [-0.39, 0.29) is 18.0 Å². The van der Waals surface area contributed by atoms with Crippen LogP contribution in [0, 0.1) is 0 Å². The second-order valence-electron chi connectivity index (χ2n) is 7.37. The Balaban J connectivity index is 1.35. The molecule has 0 saturated heterocycles. The first-order chi connectivity index (χ1) is 16.7. The summed E-state index contributed by atoms with van der Waals surface area (Å²) in [7, 11) is 0. The van der Waals surface area contributed by atoms with Gasteiger partial charge in [0.1, 0.15) is 5.75 Å². The van der Waals surface area contributed by atoms with Crippen molar-refractivity contribution in [1.82, 2.24) is 24.1 Å². The number of hydrogen-bond donors (Lipinski definition) is 1. The second kappa shape index (κ2) is 9.02. The number of aryl methyl sites for hydroxylation is 1. The van der Waals surface area contributed by atoms with Crippen molar-refractivity contribution in [3.8, 4) is 11.6 Å². The molecule has 0 atom stereocenters. The summed E-state index contributed by atoms with van der Waals surface area (Å²) < 4.78 is 9.05. The lowest BCUT2D eigenvalue weighted by Gasteiger charge is -2.09. The number of nitrogens with two attached hydrogens (primary N) is 1. The van der Waals surface area contributed by atoms with Crippen molar-refractivity contribution in [2.75, 3.05) is 0 Å². The Bertz CT molecular complexity index is 1540. The van der Waals surface area contributed by atoms with Crippen LogP contribution < -0.4 is 16.0 Å². The molecule has 0 amide bonds. The van der Waals surface area contributed by atoms with Crippen LogP contribution in [0.1, 0.15) is 18.3 Å². The van der Waals surface area contributed by atoms with Crippen LogP contribution in [-0.2, 0) is 18.0 Å². The summed E-state index contributed by atoms with van der Waals surface area (Å²) in [5.74, 6) is 2.22. The molecule has 5 aromatic rings. The fourth-order valence-electron chi connectivity index (χ4n) is 3.61. The topological polar surface area (TPSA) is 122 Å². The van der Waals surface area contributed by atoms with Gasteiger partial charge in [-0.05, 0) is 37.3 Å². The van der Waals surface area contributed by atoms with Gasteiger partial charge in [-0.3, -0.25) is 13.8 Å². The van der Waals surface area contributed by atoms with E-state index in [1.165, 1.54) is 0 Å². The van der Waals surface area contributed by atoms with Crippen LogP contribution >= 0.6 is 0 Å². The van der Waals surface area contributed by atoms with E-state index in [1.807, 2.05) is 55.5 Å². The van der Waals surface area contributed by atoms with Gasteiger partial charge in [-0.1, -0.05) is 35.5 Å². The van der Waals surface area contributed by atoms with Crippen LogP contribution in [-0.4, -0.2) is 30.0 Å². The zero-order valence-corrected chi connectivity index (χ0v) is 18.3. The highest BCUT2D eigenvalue weighted by Crippen LogP contribution is 2.19. The van der Waals surface area contributed by atoms with Gasteiger partial charge in [-0.15, -0.1) is 10.2 Å². The fourth-order valence-corrected chi connectivity index (χ4v) is 3.61. The molecule has 0 unspecified atom stereocenters. The number of rotatable bonds is 7. The van der Waals surface area contributed by atoms with Gasteiger partial charge < -0.3 is 15.3 Å². The first kappa shape index (κ1) is 21.1. The number of nitrogens with zero attached hydrogens (tertiary/aromatic N) is 6. The summed E-state index contributed by atoms with van der Waals surface area (Å²) in [4.78, 5) is 22.5. The maximum Gasteiger partial charge on any atom is 0.262 e. The van der Waals surface area contributed by atoms with Gasteiger partial charge in [0.15, 0.2) is 18.3 Å². The van der Waals surface area contributed by atoms with Gasteiger partial charge in [-0.2, -0.15) is 0 Å². The Kier molecular flexibility index (Phi) is 5.61. The molecule has 2 aromatic carbocycles. The highest BCUT2D eigenvalue weighted by molar-refractivity contribution is 5.96. The molecular weight excluding hydrogens is 434 g/mol. The van der Waals surface area contributed by atoms with E-state index in [9.17, 15) is 4.79 Å². The minimum atomic E-state index is -0.111. The smallest absolute Gasteiger partial charge is 0.262 e. The van der Waals surface area contributed by atoms with Gasteiger partial charge in [0.2, 0.25) is 11.7 Å². The van der Waals surface area contributed by atoms with Crippen LogP contribution in [0.25, 0.3) is 16.7 Å². The number of fused-ring (bicyclic) bond motifs is 3. The molecule has 0 saturated carbocycles. The molecule has 5 rings (SSSR count). The number of pyridine rings is 1. The van der Waals surface area contributed by atoms with E-state index in [4.69, 9.17) is 15.3 Å². The average Bonchev–Trinajstić information content (AvgIpc) is 3.29. The third kappa shape index (κ3) is 3.92. The third-order valence-corrected chi connectivity index (χ3v) is 5.25. The summed E-state index contributed by atoms with van der Waals surface area (Å²) in [5.41, 5.74) is 7.23. The van der Waals surface area contributed by atoms with Crippen molar-refractivity contribution in [2.45, 2.75) is 20.1 Å². The molecule has 3 heterocycles. The number of aromatic nitrogens is 5. The second-order valence-corrected chi connectivity index (χ2v) is 7.37. The summed E-state index contributed by atoms with van der Waals surface area (Å²) >= 11 is 0. The van der Waals surface area contributed by atoms with E-state index in [2.05, 4.69) is 20.3 Å². The quantitative estimate of drug-likeness (QED) is 0.227. The summed E-state index contributed by atoms with van der Waals surface area (Å²) in [5, 5.41) is 13.0. The SMILES string of the molecule is CCn1c(=O)c2ccccc2n2c(CO/N=C(/N)c3ccc(Oc4ccccc4)nc3)nnc12. The molecule has 0 bridgehead atoms. The lowest BCUT2D eigenvalue weighted by atomic mass is 10.2. The molecule has 3 aromatic heterocycles. The Labute approximate surface area is 193 Å². The average molecular weight is 455 g/mol. The van der Waals surface area contributed by atoms with Crippen molar-refractivity contribution in [2.24, 2.45) is 10.9 Å². The third-order valence-electron chi connectivity index (χ3n) is 5.25. The van der Waals surface area contributed by atoms with E-state index < -0.39 is 0 Å². The predicted octanol–water partition coefficient (Wildman–Crippen LogP) is 3.09. The minimum absolute atomic E-state index is 0.0103. The van der Waals surface area contributed by atoms with E-state index >= 15 is 0 Å². The summed E-state index contributed by atoms with van der Waals surface area (Å²) in [6.07, 6.45) is 1.56. The number of para-hydroxylation sites is 2. The van der Waals surface area contributed by atoms with E-state index in [1.54, 1.807) is 33.4 Å². The molecule has 0 spiro atoms. The molecule has 0 fully saturated rings. The molecule has 10 heteroatoms. The van der Waals surface area contributed by atoms with Gasteiger partial charge in [0.05, 0.1) is 10.9 Å². The molecule has 2 N–H and O–H groups in total. The van der Waals surface area contributed by atoms with E-state index in [0.29, 0.717) is 46.2 Å². The Hall–Kier alpha value is -4.73. The van der Waals surface area contributed by atoms with Crippen molar-refractivity contribution in [3.05, 3.63) is 94.7 Å². The summed E-state index contributed by atoms with van der Waals surface area (Å²) in [6, 6.07) is 20.1. The first-order valence-corrected chi connectivity index (χ1v) is 10.7. The maximum atomic E-state index is 12.8. The lowest BCUT2D eigenvalue weighted by Crippen LogP contribution is -2.22. The Morgan fingerprint density at radius 1 is 1.03 bits per heavy atom. The van der Waals surface area contributed by atoms with Gasteiger partial charge >= 0.3 is 0 Å². The van der Waals surface area contributed by atoms with Crippen LogP contribution in [0.4, 0.5) is 0 Å². The number of hydrogen-bond acceptors (Lipinski definition) is 7. The van der Waals surface area contributed by atoms with Crippen molar-refractivity contribution in [1.29, 1.82) is 0 Å². The number of oxime groups is 1. The molecule has 34 heavy (non-hydrogen) atoms. The number of amidine groups is 1. The van der Waals surface area contributed by atoms with Crippen molar-refractivity contribution >= 4 is 22.5 Å². The molecule has 0 radical (unpaired) electrons. The van der Waals surface area contributed by atoms with Gasteiger partial charge in [-0.25, -0.2) is 4.98 Å². The fraction of sp³-hybridized carbons (Fsp3) is 0.125. The highest BCUT2D eigenvalue weighted by atomic mass is 16.6. The standard InChI is InChI=1S/C24H21N7O3/c1-2-30-23(32)18-10-6-7-11-19(18)31-20(27-28-24(30)31)15-33-29-22(25)16-12-13-21(26-14-16)34-17-8-4-3-5-9-17/h3-14H,2,15H2,1H3,(H2,25,29). The monoisotopic (exact) mass is 455 g/mol. The molecular formula is C24H21N7O3. The maximum absolute atomic E-state index is 12.8. The summed E-state index contributed by atoms with van der Waals surface area (Å²) in [6.45, 7) is 2.36. The van der Waals surface area contributed by atoms with Crippen LogP contribution in [0.5, 0.6) is 11.6 Å². The normalized spacial score (nSPS) is 11.7.